The molecule has 9 heteroatoms. The number of ether oxygens (including phenoxy) is 2. The van der Waals surface area contributed by atoms with Gasteiger partial charge in [0.25, 0.3) is 5.69 Å². The van der Waals surface area contributed by atoms with Gasteiger partial charge in [-0.05, 0) is 48.9 Å². The van der Waals surface area contributed by atoms with Crippen LogP contribution in [0.5, 0.6) is 11.5 Å². The zero-order chi connectivity index (χ0) is 25.0. The quantitative estimate of drug-likeness (QED) is 0.128. The predicted molar refractivity (Wildman–Crippen MR) is 119 cm³/mol. The Morgan fingerprint density at radius 3 is 2.34 bits per heavy atom. The first-order valence-corrected chi connectivity index (χ1v) is 10.9. The maximum atomic E-state index is 13.9. The van der Waals surface area contributed by atoms with Crippen LogP contribution in [0.4, 0.5) is 10.1 Å². The molecule has 5 rings (SSSR count). The molecule has 1 heterocycles. The third-order valence-corrected chi connectivity index (χ3v) is 6.95. The fraction of sp³-hybridized carbons (Fsp3) is 0.192. The molecule has 0 radical (unpaired) electrons. The maximum Gasteiger partial charge on any atom is 0.330 e. The largest absolute Gasteiger partial charge is 0.426 e. The number of nitrogens with zero attached hydrogens (tertiary/aromatic N) is 1. The lowest BCUT2D eigenvalue weighted by Gasteiger charge is -2.23. The molecule has 1 saturated carbocycles. The summed E-state index contributed by atoms with van der Waals surface area (Å²) < 4.78 is 24.5. The number of fused-ring (bicyclic) bond motifs is 3. The number of Topliss-reactive ketones (excluding diaryl/α,β-unsaturated/α-hetero) is 1. The van der Waals surface area contributed by atoms with Gasteiger partial charge in [0.1, 0.15) is 17.3 Å². The van der Waals surface area contributed by atoms with Crippen molar-refractivity contribution in [1.29, 1.82) is 0 Å². The number of non-ortho nitro benzene ring substituents is 1. The Morgan fingerprint density at radius 2 is 1.71 bits per heavy atom. The van der Waals surface area contributed by atoms with Crippen LogP contribution in [0.1, 0.15) is 35.2 Å². The van der Waals surface area contributed by atoms with Crippen LogP contribution in [0, 0.1) is 26.8 Å². The van der Waals surface area contributed by atoms with E-state index in [-0.39, 0.29) is 29.2 Å². The number of para-hydroxylation sites is 1. The van der Waals surface area contributed by atoms with E-state index < -0.39 is 45.2 Å². The summed E-state index contributed by atoms with van der Waals surface area (Å²) in [5.41, 5.74) is -3.02. The zero-order valence-corrected chi connectivity index (χ0v) is 18.4. The molecule has 0 aromatic heterocycles. The second-order valence-corrected chi connectivity index (χ2v) is 8.47. The smallest absolute Gasteiger partial charge is 0.330 e. The first kappa shape index (κ1) is 22.4. The molecule has 0 bridgehead atoms. The number of nitro groups is 1. The van der Waals surface area contributed by atoms with Crippen molar-refractivity contribution in [2.75, 3.05) is 0 Å². The number of carbonyl (C=O) groups is 3. The highest BCUT2D eigenvalue weighted by Gasteiger charge is 2.90. The number of ketones is 1. The third-order valence-electron chi connectivity index (χ3n) is 6.95. The Morgan fingerprint density at radius 1 is 1.06 bits per heavy atom. The molecule has 0 saturated heterocycles. The first-order chi connectivity index (χ1) is 16.8. The van der Waals surface area contributed by atoms with Crippen molar-refractivity contribution >= 4 is 23.4 Å². The SMILES string of the molecule is CC[C@@]1(C(=O)c2ccc(F)cc2)[C@H]2c3ccccc3OC(=O)[C@@]21C(=O)Oc1ccc([N+](=O)[O-])cc1. The van der Waals surface area contributed by atoms with Gasteiger partial charge >= 0.3 is 11.9 Å². The van der Waals surface area contributed by atoms with Gasteiger partial charge in [0, 0.05) is 29.2 Å². The number of benzene rings is 3. The van der Waals surface area contributed by atoms with Gasteiger partial charge in [-0.3, -0.25) is 24.5 Å². The molecule has 3 aromatic rings. The van der Waals surface area contributed by atoms with Gasteiger partial charge in [-0.25, -0.2) is 4.39 Å². The monoisotopic (exact) mass is 475 g/mol. The number of nitro benzene ring substituents is 1. The molecule has 35 heavy (non-hydrogen) atoms. The van der Waals surface area contributed by atoms with Gasteiger partial charge in [0.2, 0.25) is 0 Å². The Hall–Kier alpha value is -4.40. The number of halogens is 1. The Kier molecular flexibility index (Phi) is 5.01. The summed E-state index contributed by atoms with van der Waals surface area (Å²) in [5.74, 6) is -3.56. The molecule has 1 aliphatic carbocycles. The number of hydrogen-bond acceptors (Lipinski definition) is 7. The summed E-state index contributed by atoms with van der Waals surface area (Å²) in [5, 5.41) is 10.9. The van der Waals surface area contributed by atoms with Crippen molar-refractivity contribution in [1.82, 2.24) is 0 Å². The highest BCUT2D eigenvalue weighted by atomic mass is 19.1. The van der Waals surface area contributed by atoms with Crippen LogP contribution >= 0.6 is 0 Å². The van der Waals surface area contributed by atoms with E-state index in [2.05, 4.69) is 0 Å². The van der Waals surface area contributed by atoms with E-state index in [0.717, 1.165) is 24.3 Å². The zero-order valence-electron chi connectivity index (χ0n) is 18.4. The molecule has 0 unspecified atom stereocenters. The normalized spacial score (nSPS) is 23.9. The van der Waals surface area contributed by atoms with Crippen molar-refractivity contribution in [2.45, 2.75) is 19.3 Å². The molecule has 8 nitrogen and oxygen atoms in total. The van der Waals surface area contributed by atoms with Crippen LogP contribution < -0.4 is 9.47 Å². The molecule has 176 valence electrons. The maximum absolute atomic E-state index is 13.9. The summed E-state index contributed by atoms with van der Waals surface area (Å²) in [6, 6.07) is 16.4. The van der Waals surface area contributed by atoms with Gasteiger partial charge in [-0.15, -0.1) is 0 Å². The van der Waals surface area contributed by atoms with E-state index in [0.29, 0.717) is 5.56 Å². The lowest BCUT2D eigenvalue weighted by Crippen LogP contribution is -2.42. The van der Waals surface area contributed by atoms with Crippen LogP contribution in [0.3, 0.4) is 0 Å². The molecular formula is C26H18FNO7. The predicted octanol–water partition coefficient (Wildman–Crippen LogP) is 4.62. The van der Waals surface area contributed by atoms with Crippen molar-refractivity contribution in [3.8, 4) is 11.5 Å². The number of hydrogen-bond donors (Lipinski definition) is 0. The van der Waals surface area contributed by atoms with Gasteiger partial charge in [0.15, 0.2) is 11.2 Å². The molecular weight excluding hydrogens is 457 g/mol. The van der Waals surface area contributed by atoms with Crippen molar-refractivity contribution in [3.05, 3.63) is 99.9 Å². The Labute approximate surface area is 198 Å². The fourth-order valence-electron chi connectivity index (χ4n) is 5.34. The summed E-state index contributed by atoms with van der Waals surface area (Å²) in [6.07, 6.45) is 0.104. The summed E-state index contributed by atoms with van der Waals surface area (Å²) in [6.45, 7) is 1.69. The standard InChI is InChI=1S/C26H18FNO7/c1-2-25(22(29)15-7-9-16(27)10-8-15)21-19-5-3-4-6-20(19)35-24(31)26(21,25)23(30)34-18-13-11-17(12-14-18)28(32)33/h3-14,21H,2H2,1H3/t21-,25+,26+/m1/s1. The topological polar surface area (TPSA) is 113 Å². The van der Waals surface area contributed by atoms with Gasteiger partial charge < -0.3 is 9.47 Å². The summed E-state index contributed by atoms with van der Waals surface area (Å²) in [4.78, 5) is 51.3. The molecule has 1 aliphatic heterocycles. The van der Waals surface area contributed by atoms with Crippen LogP contribution in [0.2, 0.25) is 0 Å². The summed E-state index contributed by atoms with van der Waals surface area (Å²) >= 11 is 0. The van der Waals surface area contributed by atoms with Crippen LogP contribution in [-0.2, 0) is 9.59 Å². The molecule has 2 aliphatic rings. The third kappa shape index (κ3) is 3.01. The van der Waals surface area contributed by atoms with E-state index >= 15 is 0 Å². The van der Waals surface area contributed by atoms with Crippen molar-refractivity contribution < 1.29 is 33.2 Å². The van der Waals surface area contributed by atoms with E-state index in [1.165, 1.54) is 24.3 Å². The fourth-order valence-corrected chi connectivity index (χ4v) is 5.34. The second kappa shape index (κ2) is 7.83. The Balaban J connectivity index is 1.62. The van der Waals surface area contributed by atoms with Crippen LogP contribution in [0.15, 0.2) is 72.8 Å². The van der Waals surface area contributed by atoms with E-state index in [4.69, 9.17) is 9.47 Å². The number of esters is 2. The lowest BCUT2D eigenvalue weighted by molar-refractivity contribution is -0.384. The summed E-state index contributed by atoms with van der Waals surface area (Å²) in [7, 11) is 0. The van der Waals surface area contributed by atoms with Gasteiger partial charge in [-0.2, -0.15) is 0 Å². The van der Waals surface area contributed by atoms with Gasteiger partial charge in [0.05, 0.1) is 10.3 Å². The molecule has 0 amide bonds. The second-order valence-electron chi connectivity index (χ2n) is 8.47. The number of carbonyl (C=O) groups excluding carboxylic acids is 3. The Bertz CT molecular complexity index is 1390. The molecule has 1 fully saturated rings. The number of rotatable bonds is 6. The van der Waals surface area contributed by atoms with E-state index in [1.807, 2.05) is 0 Å². The molecule has 0 spiro atoms. The van der Waals surface area contributed by atoms with E-state index in [1.54, 1.807) is 31.2 Å². The molecule has 3 aromatic carbocycles. The highest BCUT2D eigenvalue weighted by Crippen LogP contribution is 2.80. The van der Waals surface area contributed by atoms with E-state index in [9.17, 15) is 28.9 Å². The molecule has 0 N–H and O–H groups in total. The van der Waals surface area contributed by atoms with Gasteiger partial charge in [-0.1, -0.05) is 25.1 Å². The van der Waals surface area contributed by atoms with Crippen molar-refractivity contribution in [3.63, 3.8) is 0 Å². The minimum Gasteiger partial charge on any atom is -0.426 e. The molecule has 3 atom stereocenters. The average molecular weight is 475 g/mol. The lowest BCUT2D eigenvalue weighted by atomic mass is 9.83. The van der Waals surface area contributed by atoms with Crippen LogP contribution in [0.25, 0.3) is 0 Å². The minimum atomic E-state index is -1.97. The minimum absolute atomic E-state index is 0.0217. The highest BCUT2D eigenvalue weighted by molar-refractivity contribution is 6.20. The van der Waals surface area contributed by atoms with Crippen molar-refractivity contribution in [2.24, 2.45) is 10.8 Å². The van der Waals surface area contributed by atoms with Crippen LogP contribution in [-0.4, -0.2) is 22.6 Å². The first-order valence-electron chi connectivity index (χ1n) is 10.9. The average Bonchev–Trinajstić information content (AvgIpc) is 3.51.